The van der Waals surface area contributed by atoms with E-state index in [2.05, 4.69) is 135 Å². The van der Waals surface area contributed by atoms with Crippen LogP contribution in [0.1, 0.15) is 39.5 Å². The van der Waals surface area contributed by atoms with Crippen LogP contribution in [0.25, 0.3) is 0 Å². The molecule has 4 aromatic carbocycles. The Morgan fingerprint density at radius 1 is 0.444 bits per heavy atom. The molecule has 5 rings (SSSR count). The van der Waals surface area contributed by atoms with Crippen molar-refractivity contribution in [3.05, 3.63) is 121 Å². The van der Waals surface area contributed by atoms with Crippen LogP contribution < -0.4 is 21.2 Å². The minimum Gasteiger partial charge on any atom is -0.0622 e. The Morgan fingerprint density at radius 3 is 0.944 bits per heavy atom. The Labute approximate surface area is 220 Å². The molecule has 1 aliphatic carbocycles. The molecule has 4 unspecified atom stereocenters. The van der Waals surface area contributed by atoms with Crippen LogP contribution in [0.2, 0.25) is 0 Å². The van der Waals surface area contributed by atoms with Crippen LogP contribution in [-0.2, 0) is 0 Å². The maximum absolute atomic E-state index is 2.58. The maximum Gasteiger partial charge on any atom is -0.0126 e. The molecular weight excluding hydrogens is 470 g/mol. The largest absolute Gasteiger partial charge is 0.0622 e. The molecule has 36 heavy (non-hydrogen) atoms. The molecule has 0 heterocycles. The number of benzene rings is 4. The molecule has 0 N–H and O–H groups in total. The van der Waals surface area contributed by atoms with E-state index in [1.54, 1.807) is 0 Å². The molecule has 1 saturated carbocycles. The van der Waals surface area contributed by atoms with E-state index in [0.717, 1.165) is 11.8 Å². The van der Waals surface area contributed by atoms with Crippen LogP contribution >= 0.6 is 15.8 Å². The molecule has 0 aliphatic heterocycles. The zero-order valence-corrected chi connectivity index (χ0v) is 23.4. The first-order chi connectivity index (χ1) is 17.7. The third-order valence-electron chi connectivity index (χ3n) is 8.07. The second-order valence-corrected chi connectivity index (χ2v) is 15.4. The molecule has 2 heteroatoms. The fourth-order valence-electron chi connectivity index (χ4n) is 6.36. The lowest BCUT2D eigenvalue weighted by Gasteiger charge is -2.44. The fraction of sp³-hybridized carbons (Fsp3) is 0.294. The van der Waals surface area contributed by atoms with E-state index < -0.39 is 15.8 Å². The zero-order valence-electron chi connectivity index (χ0n) is 21.6. The van der Waals surface area contributed by atoms with Crippen molar-refractivity contribution < 1.29 is 0 Å². The normalized spacial score (nSPS) is 19.8. The van der Waals surface area contributed by atoms with Crippen molar-refractivity contribution in [1.82, 2.24) is 0 Å². The van der Waals surface area contributed by atoms with Gasteiger partial charge in [-0.1, -0.05) is 148 Å². The van der Waals surface area contributed by atoms with Gasteiger partial charge in [-0.2, -0.15) is 0 Å². The quantitative estimate of drug-likeness (QED) is 0.213. The van der Waals surface area contributed by atoms with E-state index >= 15 is 0 Å². The monoisotopic (exact) mass is 508 g/mol. The molecule has 1 fully saturated rings. The van der Waals surface area contributed by atoms with Crippen molar-refractivity contribution in [1.29, 1.82) is 0 Å². The summed E-state index contributed by atoms with van der Waals surface area (Å²) in [6, 6.07) is 45.4. The van der Waals surface area contributed by atoms with Crippen LogP contribution in [0.5, 0.6) is 0 Å². The van der Waals surface area contributed by atoms with Gasteiger partial charge in [0, 0.05) is 0 Å². The highest BCUT2D eigenvalue weighted by molar-refractivity contribution is 7.74. The minimum absolute atomic E-state index is 0.407. The summed E-state index contributed by atoms with van der Waals surface area (Å²) >= 11 is 0. The number of rotatable bonds is 8. The number of hydrogen-bond donors (Lipinski definition) is 0. The zero-order chi connectivity index (χ0) is 24.7. The summed E-state index contributed by atoms with van der Waals surface area (Å²) in [6.07, 6.45) is 5.47. The lowest BCUT2D eigenvalue weighted by Crippen LogP contribution is -2.38. The van der Waals surface area contributed by atoms with Crippen LogP contribution in [0.3, 0.4) is 0 Å². The van der Waals surface area contributed by atoms with Gasteiger partial charge >= 0.3 is 0 Å². The van der Waals surface area contributed by atoms with E-state index in [1.807, 2.05) is 0 Å². The highest BCUT2D eigenvalue weighted by Gasteiger charge is 2.40. The van der Waals surface area contributed by atoms with E-state index in [9.17, 15) is 0 Å². The lowest BCUT2D eigenvalue weighted by molar-refractivity contribution is 0.233. The molecule has 0 aromatic heterocycles. The second kappa shape index (κ2) is 12.3. The summed E-state index contributed by atoms with van der Waals surface area (Å²) in [5, 5.41) is 6.10. The predicted molar refractivity (Wildman–Crippen MR) is 163 cm³/mol. The SMILES string of the molecule is CC(C1CCCCC1C(C)P(c1ccccc1)c1ccccc1)P(c1ccccc1)c1ccccc1. The van der Waals surface area contributed by atoms with Gasteiger partial charge in [0.1, 0.15) is 0 Å². The molecule has 0 radical (unpaired) electrons. The number of hydrogen-bond acceptors (Lipinski definition) is 0. The van der Waals surface area contributed by atoms with Crippen LogP contribution in [0, 0.1) is 11.8 Å². The average molecular weight is 509 g/mol. The average Bonchev–Trinajstić information content (AvgIpc) is 2.95. The minimum atomic E-state index is -0.407. The van der Waals surface area contributed by atoms with Crippen molar-refractivity contribution in [2.24, 2.45) is 11.8 Å². The smallest absolute Gasteiger partial charge is 0.0126 e. The van der Waals surface area contributed by atoms with Gasteiger partial charge in [0.2, 0.25) is 0 Å². The van der Waals surface area contributed by atoms with Crippen LogP contribution in [-0.4, -0.2) is 11.3 Å². The standard InChI is InChI=1S/C34H38P2/c1-27(35(29-17-7-3-8-18-29)30-19-9-4-10-20-30)33-25-15-16-26-34(33)28(2)36(31-21-11-5-12-22-31)32-23-13-6-14-24-32/h3-14,17-24,27-28,33-34H,15-16,25-26H2,1-2H3. The Balaban J connectivity index is 1.51. The molecule has 4 aromatic rings. The van der Waals surface area contributed by atoms with Gasteiger partial charge in [-0.15, -0.1) is 0 Å². The lowest BCUT2D eigenvalue weighted by atomic mass is 9.76. The molecule has 0 bridgehead atoms. The topological polar surface area (TPSA) is 0 Å². The van der Waals surface area contributed by atoms with E-state index in [4.69, 9.17) is 0 Å². The molecule has 0 spiro atoms. The molecule has 0 saturated heterocycles. The van der Waals surface area contributed by atoms with Gasteiger partial charge in [-0.25, -0.2) is 0 Å². The maximum atomic E-state index is 2.58. The first kappa shape index (κ1) is 25.4. The predicted octanol–water partition coefficient (Wildman–Crippen LogP) is 7.84. The molecular formula is C34H38P2. The highest BCUT2D eigenvalue weighted by atomic mass is 31.1. The Kier molecular flexibility index (Phi) is 8.69. The van der Waals surface area contributed by atoms with Crippen molar-refractivity contribution in [2.45, 2.75) is 50.8 Å². The Hall–Kier alpha value is -2.26. The summed E-state index contributed by atoms with van der Waals surface area (Å²) in [7, 11) is -0.814. The molecule has 184 valence electrons. The Bertz CT molecular complexity index is 1000. The molecule has 4 atom stereocenters. The van der Waals surface area contributed by atoms with Gasteiger partial charge in [0.15, 0.2) is 0 Å². The van der Waals surface area contributed by atoms with Gasteiger partial charge in [0.25, 0.3) is 0 Å². The first-order valence-electron chi connectivity index (χ1n) is 13.5. The molecule has 0 amide bonds. The van der Waals surface area contributed by atoms with Crippen molar-refractivity contribution >= 4 is 37.1 Å². The summed E-state index contributed by atoms with van der Waals surface area (Å²) in [5.74, 6) is 1.50. The third kappa shape index (κ3) is 5.67. The Morgan fingerprint density at radius 2 is 0.694 bits per heavy atom. The second-order valence-electron chi connectivity index (χ2n) is 10.2. The van der Waals surface area contributed by atoms with Crippen LogP contribution in [0.15, 0.2) is 121 Å². The van der Waals surface area contributed by atoms with Gasteiger partial charge < -0.3 is 0 Å². The first-order valence-corrected chi connectivity index (χ1v) is 16.3. The highest BCUT2D eigenvalue weighted by Crippen LogP contribution is 2.54. The van der Waals surface area contributed by atoms with E-state index in [-0.39, 0.29) is 0 Å². The van der Waals surface area contributed by atoms with Crippen molar-refractivity contribution in [3.8, 4) is 0 Å². The fourth-order valence-corrected chi connectivity index (χ4v) is 12.3. The molecule has 0 nitrogen and oxygen atoms in total. The van der Waals surface area contributed by atoms with E-state index in [0.29, 0.717) is 11.3 Å². The van der Waals surface area contributed by atoms with Gasteiger partial charge in [-0.3, -0.25) is 0 Å². The summed E-state index contributed by atoms with van der Waals surface area (Å²) < 4.78 is 0. The van der Waals surface area contributed by atoms with Gasteiger partial charge in [0.05, 0.1) is 0 Å². The summed E-state index contributed by atoms with van der Waals surface area (Å²) in [4.78, 5) is 0. The van der Waals surface area contributed by atoms with Gasteiger partial charge in [-0.05, 0) is 73.1 Å². The van der Waals surface area contributed by atoms with Crippen molar-refractivity contribution in [3.63, 3.8) is 0 Å². The van der Waals surface area contributed by atoms with E-state index in [1.165, 1.54) is 46.9 Å². The van der Waals surface area contributed by atoms with Crippen molar-refractivity contribution in [2.75, 3.05) is 0 Å². The summed E-state index contributed by atoms with van der Waals surface area (Å²) in [5.41, 5.74) is 1.31. The summed E-state index contributed by atoms with van der Waals surface area (Å²) in [6.45, 7) is 5.16. The van der Waals surface area contributed by atoms with Crippen LogP contribution in [0.4, 0.5) is 0 Å². The third-order valence-corrected chi connectivity index (χ3v) is 13.9. The molecule has 1 aliphatic rings.